The number of hydrogen-bond donors (Lipinski definition) is 3. The molecule has 2 unspecified atom stereocenters. The molecule has 2 aliphatic heterocycles. The molecule has 0 spiro atoms. The Labute approximate surface area is 204 Å². The van der Waals surface area contributed by atoms with Crippen molar-refractivity contribution in [1.82, 2.24) is 4.90 Å². The number of anilines is 2. The van der Waals surface area contributed by atoms with Crippen molar-refractivity contribution in [3.05, 3.63) is 41.7 Å². The largest absolute Gasteiger partial charge is 0.511 e. The van der Waals surface area contributed by atoms with E-state index in [0.29, 0.717) is 12.5 Å². The van der Waals surface area contributed by atoms with Crippen molar-refractivity contribution in [1.29, 1.82) is 0 Å². The van der Waals surface area contributed by atoms with Crippen LogP contribution in [0.15, 0.2) is 51.0 Å². The van der Waals surface area contributed by atoms with Gasteiger partial charge in [-0.1, -0.05) is 26.0 Å². The van der Waals surface area contributed by atoms with Crippen LogP contribution in [0.5, 0.6) is 0 Å². The third-order valence-electron chi connectivity index (χ3n) is 7.04. The minimum absolute atomic E-state index is 0.0718. The molecule has 4 aliphatic rings. The molecule has 0 aromatic heterocycles. The molecule has 35 heavy (non-hydrogen) atoms. The Hall–Kier alpha value is -2.86. The summed E-state index contributed by atoms with van der Waals surface area (Å²) in [5, 5.41) is 14.2. The maximum atomic E-state index is 13.7. The Morgan fingerprint density at radius 2 is 1.97 bits per heavy atom. The van der Waals surface area contributed by atoms with E-state index < -0.39 is 26.0 Å². The number of amidine groups is 1. The van der Waals surface area contributed by atoms with Crippen molar-refractivity contribution < 1.29 is 26.7 Å². The summed E-state index contributed by atoms with van der Waals surface area (Å²) in [5.41, 5.74) is 0.0944. The number of amides is 1. The number of rotatable bonds is 6. The molecule has 1 saturated carbocycles. The molecule has 1 fully saturated rings. The molecule has 5 rings (SSSR count). The number of aliphatic hydroxyl groups is 1. The summed E-state index contributed by atoms with van der Waals surface area (Å²) < 4.78 is 55.3. The van der Waals surface area contributed by atoms with Crippen LogP contribution in [-0.4, -0.2) is 57.4 Å². The predicted octanol–water partition coefficient (Wildman–Crippen LogP) is 2.46. The second-order valence-electron chi connectivity index (χ2n) is 10.0. The van der Waals surface area contributed by atoms with Crippen LogP contribution >= 0.6 is 0 Å². The van der Waals surface area contributed by atoms with E-state index in [2.05, 4.69) is 40.4 Å². The van der Waals surface area contributed by atoms with Gasteiger partial charge in [0.15, 0.2) is 5.84 Å². The zero-order valence-electron chi connectivity index (χ0n) is 19.6. The summed E-state index contributed by atoms with van der Waals surface area (Å²) in [4.78, 5) is 15.2. The fourth-order valence-electron chi connectivity index (χ4n) is 5.56. The smallest absolute Gasteiger partial charge is 0.286 e. The Morgan fingerprint density at radius 3 is 2.66 bits per heavy atom. The predicted molar refractivity (Wildman–Crippen MR) is 132 cm³/mol. The van der Waals surface area contributed by atoms with Crippen molar-refractivity contribution in [2.24, 2.45) is 28.1 Å². The van der Waals surface area contributed by atoms with Crippen molar-refractivity contribution in [3.8, 4) is 0 Å². The van der Waals surface area contributed by atoms with Gasteiger partial charge in [0.1, 0.15) is 16.2 Å². The van der Waals surface area contributed by atoms with Gasteiger partial charge in [0.05, 0.1) is 11.9 Å². The van der Waals surface area contributed by atoms with Gasteiger partial charge in [0.2, 0.25) is 10.0 Å². The second kappa shape index (κ2) is 8.09. The average Bonchev–Trinajstić information content (AvgIpc) is 3.35. The molecule has 2 heterocycles. The summed E-state index contributed by atoms with van der Waals surface area (Å²) in [6.45, 7) is 4.65. The Morgan fingerprint density at radius 1 is 1.26 bits per heavy atom. The van der Waals surface area contributed by atoms with E-state index in [0.717, 1.165) is 19.1 Å². The average molecular weight is 521 g/mol. The van der Waals surface area contributed by atoms with E-state index in [-0.39, 0.29) is 57.2 Å². The van der Waals surface area contributed by atoms with E-state index in [1.807, 2.05) is 0 Å². The first kappa shape index (κ1) is 23.9. The molecule has 188 valence electrons. The highest BCUT2D eigenvalue weighted by molar-refractivity contribution is 7.92. The van der Waals surface area contributed by atoms with E-state index in [1.165, 1.54) is 18.2 Å². The molecular formula is C23H28N4O6S2. The topological polar surface area (TPSA) is 145 Å². The van der Waals surface area contributed by atoms with Crippen LogP contribution < -0.4 is 10.0 Å². The standard InChI is InChI=1S/C23H28N4O6S2/c1-12(2)8-9-27-20-14-5-4-13(10-14)18(20)21(28)19(23(27)29)22-24-16-7-6-15(25-34(3,30)31)11-17(16)35(32,33)26-22/h4-7,11-14,18,20,25,28H,8-10H2,1-3H3,(H,24,26)/t13?,14?,18-,20+/m1/s1. The number of fused-ring (bicyclic) bond motifs is 6. The number of sulfonamides is 2. The Bertz CT molecular complexity index is 1410. The highest BCUT2D eigenvalue weighted by Gasteiger charge is 2.55. The van der Waals surface area contributed by atoms with Gasteiger partial charge in [-0.05, 0) is 48.8 Å². The lowest BCUT2D eigenvalue weighted by molar-refractivity contribution is -0.132. The van der Waals surface area contributed by atoms with Gasteiger partial charge in [0, 0.05) is 24.2 Å². The minimum Gasteiger partial charge on any atom is -0.511 e. The molecule has 1 aromatic rings. The van der Waals surface area contributed by atoms with Crippen molar-refractivity contribution in [3.63, 3.8) is 0 Å². The molecule has 1 amide bonds. The third kappa shape index (κ3) is 4.12. The van der Waals surface area contributed by atoms with Crippen LogP contribution in [0.3, 0.4) is 0 Å². The van der Waals surface area contributed by atoms with Crippen molar-refractivity contribution in [2.75, 3.05) is 22.8 Å². The summed E-state index contributed by atoms with van der Waals surface area (Å²) in [6, 6.07) is 3.83. The van der Waals surface area contributed by atoms with E-state index in [9.17, 15) is 26.7 Å². The number of carbonyl (C=O) groups excluding carboxylic acids is 1. The van der Waals surface area contributed by atoms with Gasteiger partial charge in [-0.25, -0.2) is 8.42 Å². The monoisotopic (exact) mass is 520 g/mol. The van der Waals surface area contributed by atoms with Crippen LogP contribution in [0.1, 0.15) is 26.7 Å². The molecule has 1 aromatic carbocycles. The second-order valence-corrected chi connectivity index (χ2v) is 13.4. The number of aliphatic hydroxyl groups excluding tert-OH is 1. The van der Waals surface area contributed by atoms with Gasteiger partial charge < -0.3 is 15.3 Å². The summed E-state index contributed by atoms with van der Waals surface area (Å²) in [5.74, 6) is -0.485. The maximum absolute atomic E-state index is 13.7. The Balaban J connectivity index is 1.56. The van der Waals surface area contributed by atoms with Gasteiger partial charge in [-0.15, -0.1) is 4.40 Å². The molecule has 10 nitrogen and oxygen atoms in total. The molecule has 2 aliphatic carbocycles. The number of carbonyl (C=O) groups is 1. The lowest BCUT2D eigenvalue weighted by Gasteiger charge is -2.43. The molecule has 4 atom stereocenters. The molecule has 12 heteroatoms. The molecule has 2 bridgehead atoms. The number of nitrogens with zero attached hydrogens (tertiary/aromatic N) is 2. The quantitative estimate of drug-likeness (QED) is 0.489. The van der Waals surface area contributed by atoms with Gasteiger partial charge in [-0.3, -0.25) is 9.52 Å². The van der Waals surface area contributed by atoms with E-state index in [4.69, 9.17) is 0 Å². The molecule has 3 N–H and O–H groups in total. The maximum Gasteiger partial charge on any atom is 0.286 e. The van der Waals surface area contributed by atoms with Crippen LogP contribution in [0.25, 0.3) is 0 Å². The number of hydrogen-bond acceptors (Lipinski definition) is 7. The lowest BCUT2D eigenvalue weighted by Crippen LogP contribution is -2.54. The van der Waals surface area contributed by atoms with Gasteiger partial charge in [-0.2, -0.15) is 8.42 Å². The first-order valence-corrected chi connectivity index (χ1v) is 14.9. The fourth-order valence-corrected chi connectivity index (χ4v) is 7.26. The summed E-state index contributed by atoms with van der Waals surface area (Å²) in [6.07, 6.45) is 6.76. The number of allylic oxidation sites excluding steroid dienone is 1. The highest BCUT2D eigenvalue weighted by atomic mass is 32.2. The Kier molecular flexibility index (Phi) is 5.51. The third-order valence-corrected chi connectivity index (χ3v) is 8.96. The summed E-state index contributed by atoms with van der Waals surface area (Å²) in [7, 11) is -7.89. The van der Waals surface area contributed by atoms with Crippen molar-refractivity contribution in [2.45, 2.75) is 37.6 Å². The zero-order chi connectivity index (χ0) is 25.3. The molecular weight excluding hydrogens is 492 g/mol. The fraction of sp³-hybridized carbons (Fsp3) is 0.478. The van der Waals surface area contributed by atoms with E-state index in [1.54, 1.807) is 4.90 Å². The highest BCUT2D eigenvalue weighted by Crippen LogP contribution is 2.52. The first-order chi connectivity index (χ1) is 16.4. The van der Waals surface area contributed by atoms with Crippen LogP contribution in [-0.2, 0) is 24.8 Å². The lowest BCUT2D eigenvalue weighted by atomic mass is 9.80. The van der Waals surface area contributed by atoms with E-state index >= 15 is 0 Å². The number of nitrogens with one attached hydrogen (secondary N) is 2. The van der Waals surface area contributed by atoms with Gasteiger partial charge >= 0.3 is 0 Å². The first-order valence-electron chi connectivity index (χ1n) is 11.5. The molecule has 0 saturated heterocycles. The zero-order valence-corrected chi connectivity index (χ0v) is 21.2. The molecule has 0 radical (unpaired) electrons. The SMILES string of the molecule is CC(C)CCN1C(=O)C(C2=NS(=O)(=O)c3cc(NS(C)(=O)=O)ccc3N2)=C(O)[C@@H]2C3C=CC(C3)[C@@H]21. The normalized spacial score (nSPS) is 28.6. The van der Waals surface area contributed by atoms with Crippen LogP contribution in [0.4, 0.5) is 11.4 Å². The van der Waals surface area contributed by atoms with Crippen LogP contribution in [0, 0.1) is 23.7 Å². The van der Waals surface area contributed by atoms with Gasteiger partial charge in [0.25, 0.3) is 15.9 Å². The summed E-state index contributed by atoms with van der Waals surface area (Å²) >= 11 is 0. The number of benzene rings is 1. The van der Waals surface area contributed by atoms with Crippen LogP contribution in [0.2, 0.25) is 0 Å². The minimum atomic E-state index is -4.28. The van der Waals surface area contributed by atoms with Crippen molar-refractivity contribution >= 4 is 43.2 Å².